The molecule has 0 aliphatic heterocycles. The summed E-state index contributed by atoms with van der Waals surface area (Å²) in [7, 11) is 1.34. The summed E-state index contributed by atoms with van der Waals surface area (Å²) >= 11 is 14.1. The maximum atomic E-state index is 11.1. The molecule has 2 rings (SSSR count). The number of carbonyl (C=O) groups excluding carboxylic acids is 1. The highest BCUT2D eigenvalue weighted by molar-refractivity contribution is 14.1. The third-order valence-electron chi connectivity index (χ3n) is 2.95. The Bertz CT molecular complexity index is 745. The van der Waals surface area contributed by atoms with Gasteiger partial charge in [0.1, 0.15) is 12.4 Å². The molecule has 0 saturated carbocycles. The van der Waals surface area contributed by atoms with Gasteiger partial charge in [-0.05, 0) is 64.1 Å². The highest BCUT2D eigenvalue weighted by Crippen LogP contribution is 2.26. The predicted molar refractivity (Wildman–Crippen MR) is 101 cm³/mol. The van der Waals surface area contributed by atoms with Crippen LogP contribution in [0.25, 0.3) is 6.08 Å². The molecule has 0 aromatic heterocycles. The lowest BCUT2D eigenvalue weighted by atomic mass is 10.2. The minimum absolute atomic E-state index is 0.389. The van der Waals surface area contributed by atoms with Crippen LogP contribution in [0.4, 0.5) is 0 Å². The smallest absolute Gasteiger partial charge is 0.330 e. The fourth-order valence-electron chi connectivity index (χ4n) is 1.76. The summed E-state index contributed by atoms with van der Waals surface area (Å²) in [6.07, 6.45) is 3.07. The lowest BCUT2D eigenvalue weighted by Crippen LogP contribution is -1.97. The molecule has 3 nitrogen and oxygen atoms in total. The molecular weight excluding hydrogens is 450 g/mol. The minimum Gasteiger partial charge on any atom is -0.488 e. The Morgan fingerprint density at radius 1 is 1.17 bits per heavy atom. The molecule has 0 radical (unpaired) electrons. The maximum absolute atomic E-state index is 11.1. The number of carbonyl (C=O) groups is 1. The van der Waals surface area contributed by atoms with E-state index in [0.717, 1.165) is 20.4 Å². The summed E-state index contributed by atoms with van der Waals surface area (Å²) in [5, 5.41) is 1.03. The summed E-state index contributed by atoms with van der Waals surface area (Å²) < 4.78 is 11.3. The van der Waals surface area contributed by atoms with Crippen LogP contribution in [0, 0.1) is 3.57 Å². The Morgan fingerprint density at radius 3 is 2.61 bits per heavy atom. The van der Waals surface area contributed by atoms with Crippen molar-refractivity contribution < 1.29 is 14.3 Å². The molecule has 0 N–H and O–H groups in total. The summed E-state index contributed by atoms with van der Waals surface area (Å²) in [5.41, 5.74) is 1.83. The van der Waals surface area contributed by atoms with E-state index in [4.69, 9.17) is 27.9 Å². The summed E-state index contributed by atoms with van der Waals surface area (Å²) in [6.45, 7) is 0.393. The molecule has 6 heteroatoms. The van der Waals surface area contributed by atoms with Gasteiger partial charge in [-0.3, -0.25) is 0 Å². The van der Waals surface area contributed by atoms with Crippen molar-refractivity contribution in [3.8, 4) is 5.75 Å². The van der Waals surface area contributed by atoms with Crippen LogP contribution in [0.15, 0.2) is 42.5 Å². The number of benzene rings is 2. The van der Waals surface area contributed by atoms with Crippen molar-refractivity contribution in [1.29, 1.82) is 0 Å². The zero-order valence-corrected chi connectivity index (χ0v) is 15.9. The molecule has 0 spiro atoms. The van der Waals surface area contributed by atoms with E-state index < -0.39 is 0 Å². The Labute approximate surface area is 158 Å². The van der Waals surface area contributed by atoms with Gasteiger partial charge in [0.15, 0.2) is 0 Å². The van der Waals surface area contributed by atoms with Crippen molar-refractivity contribution >= 4 is 57.8 Å². The average Bonchev–Trinajstić information content (AvgIpc) is 2.54. The molecule has 0 aliphatic carbocycles. The summed E-state index contributed by atoms with van der Waals surface area (Å²) in [6, 6.07) is 11.0. The lowest BCUT2D eigenvalue weighted by molar-refractivity contribution is -0.134. The van der Waals surface area contributed by atoms with E-state index in [-0.39, 0.29) is 5.97 Å². The number of hydrogen-bond donors (Lipinski definition) is 0. The normalized spacial score (nSPS) is 10.8. The standard InChI is InChI=1S/C17H13Cl2IO3/c1-22-17(21)7-4-11-3-6-16(15(20)9-11)23-10-12-2-5-13(18)14(19)8-12/h2-9H,10H2,1H3/b7-4+. The van der Waals surface area contributed by atoms with Gasteiger partial charge in [-0.1, -0.05) is 35.3 Å². The van der Waals surface area contributed by atoms with Gasteiger partial charge in [0.25, 0.3) is 0 Å². The Kier molecular flexibility index (Phi) is 6.74. The molecule has 2 aromatic rings. The van der Waals surface area contributed by atoms with E-state index in [1.165, 1.54) is 13.2 Å². The number of rotatable bonds is 5. The molecule has 2 aromatic carbocycles. The third kappa shape index (κ3) is 5.41. The molecule has 0 unspecified atom stereocenters. The van der Waals surface area contributed by atoms with Crippen LogP contribution in [0.1, 0.15) is 11.1 Å². The van der Waals surface area contributed by atoms with Gasteiger partial charge >= 0.3 is 5.97 Å². The van der Waals surface area contributed by atoms with Crippen LogP contribution >= 0.6 is 45.8 Å². The second kappa shape index (κ2) is 8.57. The topological polar surface area (TPSA) is 35.5 Å². The zero-order chi connectivity index (χ0) is 16.8. The molecule has 0 saturated heterocycles. The quantitative estimate of drug-likeness (QED) is 0.340. The van der Waals surface area contributed by atoms with Crippen LogP contribution < -0.4 is 4.74 Å². The number of halogens is 3. The van der Waals surface area contributed by atoms with Gasteiger partial charge in [-0.2, -0.15) is 0 Å². The maximum Gasteiger partial charge on any atom is 0.330 e. The first-order valence-electron chi connectivity index (χ1n) is 6.62. The van der Waals surface area contributed by atoms with E-state index in [9.17, 15) is 4.79 Å². The van der Waals surface area contributed by atoms with Crippen LogP contribution in [0.3, 0.4) is 0 Å². The number of ether oxygens (including phenoxy) is 2. The molecular formula is C17H13Cl2IO3. The second-order valence-corrected chi connectivity index (χ2v) is 6.56. The Hall–Kier alpha value is -1.24. The molecule has 0 fully saturated rings. The number of hydrogen-bond acceptors (Lipinski definition) is 3. The summed E-state index contributed by atoms with van der Waals surface area (Å²) in [4.78, 5) is 11.1. The first-order valence-corrected chi connectivity index (χ1v) is 8.45. The van der Waals surface area contributed by atoms with Gasteiger partial charge in [-0.25, -0.2) is 4.79 Å². The van der Waals surface area contributed by atoms with Crippen LogP contribution in [0.5, 0.6) is 5.75 Å². The molecule has 0 bridgehead atoms. The van der Waals surface area contributed by atoms with E-state index in [2.05, 4.69) is 27.3 Å². The lowest BCUT2D eigenvalue weighted by Gasteiger charge is -2.09. The van der Waals surface area contributed by atoms with Crippen LogP contribution in [0.2, 0.25) is 10.0 Å². The minimum atomic E-state index is -0.389. The van der Waals surface area contributed by atoms with Gasteiger partial charge in [0, 0.05) is 6.08 Å². The van der Waals surface area contributed by atoms with Gasteiger partial charge < -0.3 is 9.47 Å². The van der Waals surface area contributed by atoms with Crippen LogP contribution in [-0.2, 0) is 16.1 Å². The SMILES string of the molecule is COC(=O)/C=C/c1ccc(OCc2ccc(Cl)c(Cl)c2)c(I)c1. The zero-order valence-electron chi connectivity index (χ0n) is 12.2. The van der Waals surface area contributed by atoms with Crippen molar-refractivity contribution in [3.63, 3.8) is 0 Å². The van der Waals surface area contributed by atoms with Crippen molar-refractivity contribution in [1.82, 2.24) is 0 Å². The van der Waals surface area contributed by atoms with E-state index in [0.29, 0.717) is 16.7 Å². The van der Waals surface area contributed by atoms with E-state index in [1.807, 2.05) is 24.3 Å². The Balaban J connectivity index is 2.04. The molecule has 0 atom stereocenters. The van der Waals surface area contributed by atoms with Crippen molar-refractivity contribution in [3.05, 3.63) is 67.2 Å². The van der Waals surface area contributed by atoms with E-state index >= 15 is 0 Å². The fourth-order valence-corrected chi connectivity index (χ4v) is 2.78. The van der Waals surface area contributed by atoms with Crippen molar-refractivity contribution in [2.24, 2.45) is 0 Å². The summed E-state index contributed by atoms with van der Waals surface area (Å²) in [5.74, 6) is 0.367. The highest BCUT2D eigenvalue weighted by Gasteiger charge is 2.04. The van der Waals surface area contributed by atoms with Crippen LogP contribution in [-0.4, -0.2) is 13.1 Å². The first kappa shape index (κ1) is 18.1. The number of methoxy groups -OCH3 is 1. The van der Waals surface area contributed by atoms with Crippen molar-refractivity contribution in [2.45, 2.75) is 6.61 Å². The monoisotopic (exact) mass is 462 g/mol. The van der Waals surface area contributed by atoms with Gasteiger partial charge in [0.05, 0.1) is 20.7 Å². The van der Waals surface area contributed by atoms with Gasteiger partial charge in [-0.15, -0.1) is 0 Å². The predicted octanol–water partition coefficient (Wildman–Crippen LogP) is 5.36. The highest BCUT2D eigenvalue weighted by atomic mass is 127. The molecule has 0 aliphatic rings. The first-order chi connectivity index (χ1) is 11.0. The molecule has 23 heavy (non-hydrogen) atoms. The molecule has 0 heterocycles. The number of esters is 1. The van der Waals surface area contributed by atoms with Crippen molar-refractivity contribution in [2.75, 3.05) is 7.11 Å². The van der Waals surface area contributed by atoms with Gasteiger partial charge in [0.2, 0.25) is 0 Å². The average molecular weight is 463 g/mol. The fraction of sp³-hybridized carbons (Fsp3) is 0.118. The van der Waals surface area contributed by atoms with E-state index in [1.54, 1.807) is 18.2 Å². The molecule has 0 amide bonds. The molecule has 120 valence electrons. The third-order valence-corrected chi connectivity index (χ3v) is 4.53. The Morgan fingerprint density at radius 2 is 1.96 bits per heavy atom. The second-order valence-electron chi connectivity index (χ2n) is 4.58. The largest absolute Gasteiger partial charge is 0.488 e.